The second kappa shape index (κ2) is 7.90. The van der Waals surface area contributed by atoms with Gasteiger partial charge in [0.2, 0.25) is 0 Å². The van der Waals surface area contributed by atoms with E-state index in [-0.39, 0.29) is 6.04 Å². The Morgan fingerprint density at radius 3 is 2.84 bits per heavy atom. The number of benzene rings is 1. The van der Waals surface area contributed by atoms with E-state index >= 15 is 0 Å². The molecule has 5 heteroatoms. The molecule has 1 aromatic rings. The topological polar surface area (TPSA) is 55.5 Å². The number of hydrogen-bond donors (Lipinski definition) is 2. The summed E-state index contributed by atoms with van der Waals surface area (Å²) in [7, 11) is 0. The Hall–Kier alpha value is -0.550. The smallest absolute Gasteiger partial charge is 0.117 e. The minimum atomic E-state index is -0.746. The van der Waals surface area contributed by atoms with E-state index in [9.17, 15) is 5.11 Å². The molecule has 1 aromatic carbocycles. The number of ether oxygens (including phenoxy) is 1. The third kappa shape index (κ3) is 5.53. The molecule has 1 rings (SSSR count). The minimum Gasteiger partial charge on any atom is -0.496 e. The quantitative estimate of drug-likeness (QED) is 0.744. The summed E-state index contributed by atoms with van der Waals surface area (Å²) in [4.78, 5) is 0. The molecule has 3 N–H and O–H groups in total. The summed E-state index contributed by atoms with van der Waals surface area (Å²) in [6, 6.07) is 5.48. The number of aliphatic hydroxyl groups excluding tert-OH is 1. The standard InChI is InChI=1S/C14H19BrClNO2/c1-3-19-9(2)14(18)8-12(17)6-10-4-5-11(15)7-13(10)16/h4-5,7,12,14,18H,2-3,6,8,17H2,1H3/t12?,14-/m1/s1. The Balaban J connectivity index is 2.55. The molecule has 0 saturated carbocycles. The average molecular weight is 349 g/mol. The van der Waals surface area contributed by atoms with Crippen molar-refractivity contribution in [2.45, 2.75) is 31.9 Å². The van der Waals surface area contributed by atoms with Crippen LogP contribution in [0.25, 0.3) is 0 Å². The van der Waals surface area contributed by atoms with E-state index in [1.54, 1.807) is 0 Å². The maximum atomic E-state index is 9.87. The van der Waals surface area contributed by atoms with Crippen molar-refractivity contribution in [3.05, 3.63) is 45.6 Å². The van der Waals surface area contributed by atoms with Crippen LogP contribution in [-0.4, -0.2) is 23.9 Å². The second-order valence-electron chi connectivity index (χ2n) is 4.35. The van der Waals surface area contributed by atoms with Crippen LogP contribution < -0.4 is 5.73 Å². The van der Waals surface area contributed by atoms with Crippen LogP contribution in [0.15, 0.2) is 35.0 Å². The number of rotatable bonds is 7. The van der Waals surface area contributed by atoms with Gasteiger partial charge in [-0.2, -0.15) is 0 Å². The molecule has 0 aliphatic carbocycles. The van der Waals surface area contributed by atoms with Gasteiger partial charge in [-0.1, -0.05) is 40.2 Å². The van der Waals surface area contributed by atoms with Crippen molar-refractivity contribution < 1.29 is 9.84 Å². The number of hydrogen-bond acceptors (Lipinski definition) is 3. The van der Waals surface area contributed by atoms with Crippen LogP contribution in [0.1, 0.15) is 18.9 Å². The Morgan fingerprint density at radius 1 is 1.58 bits per heavy atom. The molecule has 19 heavy (non-hydrogen) atoms. The van der Waals surface area contributed by atoms with Gasteiger partial charge in [0, 0.05) is 15.5 Å². The van der Waals surface area contributed by atoms with Crippen LogP contribution in [0.5, 0.6) is 0 Å². The van der Waals surface area contributed by atoms with Crippen molar-refractivity contribution in [2.24, 2.45) is 5.73 Å². The highest BCUT2D eigenvalue weighted by Crippen LogP contribution is 2.23. The van der Waals surface area contributed by atoms with Crippen LogP contribution in [-0.2, 0) is 11.2 Å². The zero-order valence-corrected chi connectivity index (χ0v) is 13.2. The van der Waals surface area contributed by atoms with Gasteiger partial charge in [-0.15, -0.1) is 0 Å². The third-order valence-corrected chi connectivity index (χ3v) is 3.57. The third-order valence-electron chi connectivity index (χ3n) is 2.72. The van der Waals surface area contributed by atoms with Crippen LogP contribution in [0, 0.1) is 0 Å². The number of nitrogens with two attached hydrogens (primary N) is 1. The Bertz CT molecular complexity index is 439. The lowest BCUT2D eigenvalue weighted by Crippen LogP contribution is -2.29. The largest absolute Gasteiger partial charge is 0.496 e. The highest BCUT2D eigenvalue weighted by Gasteiger charge is 2.16. The molecular weight excluding hydrogens is 330 g/mol. The van der Waals surface area contributed by atoms with E-state index in [2.05, 4.69) is 22.5 Å². The van der Waals surface area contributed by atoms with Crippen molar-refractivity contribution in [3.8, 4) is 0 Å². The fraction of sp³-hybridized carbons (Fsp3) is 0.429. The molecule has 1 unspecified atom stereocenters. The summed E-state index contributed by atoms with van der Waals surface area (Å²) in [5.74, 6) is 0.361. The molecule has 106 valence electrons. The van der Waals surface area contributed by atoms with Gasteiger partial charge in [0.05, 0.1) is 6.61 Å². The van der Waals surface area contributed by atoms with Gasteiger partial charge in [-0.05, 0) is 37.5 Å². The van der Waals surface area contributed by atoms with Gasteiger partial charge in [0.25, 0.3) is 0 Å². The Morgan fingerprint density at radius 2 is 2.26 bits per heavy atom. The molecule has 0 aliphatic heterocycles. The van der Waals surface area contributed by atoms with Crippen LogP contribution in [0.3, 0.4) is 0 Å². The Kier molecular flexibility index (Phi) is 6.86. The predicted molar refractivity (Wildman–Crippen MR) is 82.2 cm³/mol. The summed E-state index contributed by atoms with van der Waals surface area (Å²) in [6.07, 6.45) is 0.248. The van der Waals surface area contributed by atoms with E-state index in [0.29, 0.717) is 30.2 Å². The molecule has 0 aliphatic rings. The number of halogens is 2. The molecule has 0 radical (unpaired) electrons. The van der Waals surface area contributed by atoms with Crippen LogP contribution in [0.4, 0.5) is 0 Å². The summed E-state index contributed by atoms with van der Waals surface area (Å²) >= 11 is 9.49. The molecule has 0 bridgehead atoms. The van der Waals surface area contributed by atoms with E-state index in [1.807, 2.05) is 25.1 Å². The van der Waals surface area contributed by atoms with Crippen LogP contribution >= 0.6 is 27.5 Å². The molecule has 0 saturated heterocycles. The van der Waals surface area contributed by atoms with Crippen molar-refractivity contribution in [1.82, 2.24) is 0 Å². The van der Waals surface area contributed by atoms with Gasteiger partial charge in [0.1, 0.15) is 11.9 Å². The molecule has 0 aromatic heterocycles. The minimum absolute atomic E-state index is 0.203. The Labute approximate surface area is 127 Å². The molecule has 0 fully saturated rings. The fourth-order valence-corrected chi connectivity index (χ4v) is 2.50. The first-order valence-electron chi connectivity index (χ1n) is 6.13. The molecule has 0 spiro atoms. The van der Waals surface area contributed by atoms with Crippen molar-refractivity contribution in [1.29, 1.82) is 0 Å². The van der Waals surface area contributed by atoms with Gasteiger partial charge in [-0.3, -0.25) is 0 Å². The first kappa shape index (κ1) is 16.5. The maximum absolute atomic E-state index is 9.87. The average Bonchev–Trinajstić information content (AvgIpc) is 2.33. The summed E-state index contributed by atoms with van der Waals surface area (Å²) < 4.78 is 6.09. The fourth-order valence-electron chi connectivity index (χ4n) is 1.75. The lowest BCUT2D eigenvalue weighted by molar-refractivity contribution is 0.0983. The van der Waals surface area contributed by atoms with E-state index in [1.165, 1.54) is 0 Å². The second-order valence-corrected chi connectivity index (χ2v) is 5.67. The normalized spacial score (nSPS) is 13.9. The molecule has 0 amide bonds. The van der Waals surface area contributed by atoms with E-state index in [0.717, 1.165) is 10.0 Å². The van der Waals surface area contributed by atoms with Gasteiger partial charge < -0.3 is 15.6 Å². The van der Waals surface area contributed by atoms with Crippen molar-refractivity contribution in [2.75, 3.05) is 6.61 Å². The lowest BCUT2D eigenvalue weighted by Gasteiger charge is -2.19. The van der Waals surface area contributed by atoms with Gasteiger partial charge in [0.15, 0.2) is 0 Å². The predicted octanol–water partition coefficient (Wildman–Crippen LogP) is 3.27. The molecule has 2 atom stereocenters. The van der Waals surface area contributed by atoms with E-state index < -0.39 is 6.10 Å². The monoisotopic (exact) mass is 347 g/mol. The first-order valence-corrected chi connectivity index (χ1v) is 7.30. The van der Waals surface area contributed by atoms with E-state index in [4.69, 9.17) is 22.1 Å². The summed E-state index contributed by atoms with van der Waals surface area (Å²) in [5.41, 5.74) is 6.98. The molecular formula is C14H19BrClNO2. The summed E-state index contributed by atoms with van der Waals surface area (Å²) in [6.45, 7) is 6.01. The lowest BCUT2D eigenvalue weighted by atomic mass is 10.0. The first-order chi connectivity index (χ1) is 8.93. The zero-order chi connectivity index (χ0) is 14.4. The summed E-state index contributed by atoms with van der Waals surface area (Å²) in [5, 5.41) is 10.5. The highest BCUT2D eigenvalue weighted by molar-refractivity contribution is 9.10. The molecule has 0 heterocycles. The van der Waals surface area contributed by atoms with Gasteiger partial charge >= 0.3 is 0 Å². The maximum Gasteiger partial charge on any atom is 0.117 e. The van der Waals surface area contributed by atoms with Crippen molar-refractivity contribution >= 4 is 27.5 Å². The SMILES string of the molecule is C=C(OCC)[C@H](O)CC(N)Cc1ccc(Br)cc1Cl. The zero-order valence-electron chi connectivity index (χ0n) is 10.9. The van der Waals surface area contributed by atoms with Crippen molar-refractivity contribution in [3.63, 3.8) is 0 Å². The highest BCUT2D eigenvalue weighted by atomic mass is 79.9. The number of aliphatic hydroxyl groups is 1. The van der Waals surface area contributed by atoms with Gasteiger partial charge in [-0.25, -0.2) is 0 Å². The molecule has 3 nitrogen and oxygen atoms in total. The van der Waals surface area contributed by atoms with Crippen LogP contribution in [0.2, 0.25) is 5.02 Å².